The minimum absolute atomic E-state index is 0.0164. The van der Waals surface area contributed by atoms with Crippen molar-refractivity contribution in [2.24, 2.45) is 5.92 Å². The maximum absolute atomic E-state index is 13.7. The van der Waals surface area contributed by atoms with Crippen LogP contribution in [0.5, 0.6) is 0 Å². The molecule has 294 valence electrons. The van der Waals surface area contributed by atoms with Crippen molar-refractivity contribution in [2.75, 3.05) is 67.5 Å². The molecule has 9 rings (SSSR count). The number of rotatable bonds is 7. The van der Waals surface area contributed by atoms with E-state index in [0.717, 1.165) is 43.2 Å². The number of carbonyl (C=O) groups is 5. The van der Waals surface area contributed by atoms with Gasteiger partial charge >= 0.3 is 0 Å². The first-order valence-corrected chi connectivity index (χ1v) is 19.7. The average molecular weight is 774 g/mol. The van der Waals surface area contributed by atoms with Crippen LogP contribution in [0.4, 0.5) is 17.2 Å². The molecule has 5 aliphatic rings. The van der Waals surface area contributed by atoms with Gasteiger partial charge in [0.25, 0.3) is 11.8 Å². The summed E-state index contributed by atoms with van der Waals surface area (Å²) in [6.45, 7) is 6.08. The van der Waals surface area contributed by atoms with Crippen molar-refractivity contribution >= 4 is 52.4 Å². The molecule has 4 aliphatic heterocycles. The summed E-state index contributed by atoms with van der Waals surface area (Å²) in [5.74, 6) is -0.557. The molecule has 1 saturated carbocycles. The predicted molar refractivity (Wildman–Crippen MR) is 205 cm³/mol. The molecule has 0 radical (unpaired) electrons. The quantitative estimate of drug-likeness (QED) is 0.228. The number of nitriles is 1. The van der Waals surface area contributed by atoms with E-state index in [2.05, 4.69) is 42.0 Å². The molecule has 1 aromatic carbocycles. The molecule has 1 aliphatic carbocycles. The molecule has 18 nitrogen and oxygen atoms in total. The monoisotopic (exact) mass is 773 g/mol. The highest BCUT2D eigenvalue weighted by molar-refractivity contribution is 6.08. The standard InChI is InChI=1S/C39H43N13O5/c40-20-30-31(43-36(54)29-21-42-51-12-9-33(44-35(29)51)48-13-10-41-11-14-48)23-52(46-30)26-4-1-24(2-5-26)38(56)49-17-15-47(16-18-49)27-6-3-25-22-50(39(57)28(25)19-27)32-7-8-34(53)45-37(32)55/h3,6,9,12,19,21,23-24,26,32,41H,1-2,4-5,7-8,10-11,13-18,22H2,(H,43,54)(H,45,53,55). The lowest BCUT2D eigenvalue weighted by molar-refractivity contribution is -0.138. The summed E-state index contributed by atoms with van der Waals surface area (Å²) in [7, 11) is 0. The van der Waals surface area contributed by atoms with Crippen molar-refractivity contribution in [3.8, 4) is 6.07 Å². The molecular weight excluding hydrogens is 731 g/mol. The van der Waals surface area contributed by atoms with Crippen LogP contribution in [0.2, 0.25) is 0 Å². The number of anilines is 3. The summed E-state index contributed by atoms with van der Waals surface area (Å²) >= 11 is 0. The number of piperidine rings is 1. The van der Waals surface area contributed by atoms with Gasteiger partial charge in [-0.3, -0.25) is 34.0 Å². The van der Waals surface area contributed by atoms with Crippen LogP contribution in [-0.2, 0) is 20.9 Å². The Morgan fingerprint density at radius 2 is 1.72 bits per heavy atom. The maximum Gasteiger partial charge on any atom is 0.261 e. The van der Waals surface area contributed by atoms with Gasteiger partial charge in [0.05, 0.1) is 24.1 Å². The number of hydrogen-bond acceptors (Lipinski definition) is 12. The molecule has 5 amide bonds. The van der Waals surface area contributed by atoms with Gasteiger partial charge in [-0.05, 0) is 55.9 Å². The topological polar surface area (TPSA) is 206 Å². The minimum atomic E-state index is -0.653. The SMILES string of the molecule is N#Cc1nn(C2CCC(C(=O)N3CCN(c4ccc5c(c4)C(=O)N(C4CCC(=O)NC4=O)C5)CC3)CC2)cc1NC(=O)c1cnn2ccc(N3CCNCC3)nc12. The first-order chi connectivity index (χ1) is 27.7. The Morgan fingerprint density at radius 1 is 0.930 bits per heavy atom. The summed E-state index contributed by atoms with van der Waals surface area (Å²) < 4.78 is 3.31. The van der Waals surface area contributed by atoms with Gasteiger partial charge in [0.1, 0.15) is 23.5 Å². The molecule has 4 aromatic rings. The normalized spacial score (nSPS) is 22.7. The van der Waals surface area contributed by atoms with Crippen LogP contribution in [0, 0.1) is 17.2 Å². The lowest BCUT2D eigenvalue weighted by atomic mass is 9.85. The second kappa shape index (κ2) is 15.0. The van der Waals surface area contributed by atoms with Crippen LogP contribution in [0.25, 0.3) is 5.65 Å². The Labute approximate surface area is 327 Å². The lowest BCUT2D eigenvalue weighted by Gasteiger charge is -2.39. The van der Waals surface area contributed by atoms with E-state index in [9.17, 15) is 29.2 Å². The third-order valence-electron chi connectivity index (χ3n) is 12.0. The fraction of sp³-hybridized carbons (Fsp3) is 0.462. The third kappa shape index (κ3) is 6.92. The number of fused-ring (bicyclic) bond motifs is 2. The van der Waals surface area contributed by atoms with Gasteiger partial charge in [-0.15, -0.1) is 0 Å². The Bertz CT molecular complexity index is 2310. The summed E-state index contributed by atoms with van der Waals surface area (Å²) in [5.41, 5.74) is 3.49. The number of benzene rings is 1. The molecule has 7 heterocycles. The van der Waals surface area contributed by atoms with Crippen LogP contribution >= 0.6 is 0 Å². The second-order valence-corrected chi connectivity index (χ2v) is 15.3. The Hall–Kier alpha value is -6.35. The highest BCUT2D eigenvalue weighted by Gasteiger charge is 2.40. The Balaban J connectivity index is 0.782. The van der Waals surface area contributed by atoms with Crippen molar-refractivity contribution < 1.29 is 24.0 Å². The molecule has 4 fully saturated rings. The molecule has 18 heteroatoms. The largest absolute Gasteiger partial charge is 0.368 e. The van der Waals surface area contributed by atoms with Crippen molar-refractivity contribution in [2.45, 2.75) is 57.2 Å². The van der Waals surface area contributed by atoms with E-state index in [0.29, 0.717) is 87.3 Å². The molecule has 0 bridgehead atoms. The van der Waals surface area contributed by atoms with E-state index in [1.165, 1.54) is 6.20 Å². The van der Waals surface area contributed by atoms with E-state index >= 15 is 0 Å². The number of aromatic nitrogens is 5. The van der Waals surface area contributed by atoms with Gasteiger partial charge in [-0.25, -0.2) is 9.50 Å². The van der Waals surface area contributed by atoms with Gasteiger partial charge in [-0.1, -0.05) is 6.07 Å². The predicted octanol–water partition coefficient (Wildman–Crippen LogP) is 1.30. The molecule has 3 aromatic heterocycles. The maximum atomic E-state index is 13.7. The average Bonchev–Trinajstić information content (AvgIpc) is 3.95. The molecule has 57 heavy (non-hydrogen) atoms. The highest BCUT2D eigenvalue weighted by Crippen LogP contribution is 2.35. The van der Waals surface area contributed by atoms with E-state index in [1.807, 2.05) is 29.2 Å². The molecular formula is C39H43N13O5. The van der Waals surface area contributed by atoms with Crippen LogP contribution in [0.3, 0.4) is 0 Å². The van der Waals surface area contributed by atoms with Crippen molar-refractivity contribution in [1.82, 2.24) is 44.8 Å². The first-order valence-electron chi connectivity index (χ1n) is 19.7. The second-order valence-electron chi connectivity index (χ2n) is 15.3. The van der Waals surface area contributed by atoms with Crippen LogP contribution in [0.1, 0.15) is 76.5 Å². The lowest BCUT2D eigenvalue weighted by Crippen LogP contribution is -2.52. The minimum Gasteiger partial charge on any atom is -0.368 e. The van der Waals surface area contributed by atoms with Crippen molar-refractivity contribution in [1.29, 1.82) is 5.26 Å². The van der Waals surface area contributed by atoms with E-state index in [1.54, 1.807) is 26.5 Å². The van der Waals surface area contributed by atoms with E-state index in [-0.39, 0.29) is 41.8 Å². The molecule has 3 saturated heterocycles. The van der Waals surface area contributed by atoms with Gasteiger partial charge in [0.15, 0.2) is 11.3 Å². The van der Waals surface area contributed by atoms with Crippen molar-refractivity contribution in [3.05, 3.63) is 65.2 Å². The molecule has 0 spiro atoms. The molecule has 1 unspecified atom stereocenters. The third-order valence-corrected chi connectivity index (χ3v) is 12.0. The number of nitrogens with zero attached hydrogens (tertiary/aromatic N) is 10. The highest BCUT2D eigenvalue weighted by atomic mass is 16.2. The van der Waals surface area contributed by atoms with Gasteiger partial charge in [0.2, 0.25) is 17.7 Å². The smallest absolute Gasteiger partial charge is 0.261 e. The Kier molecular flexibility index (Phi) is 9.52. The molecule has 1 atom stereocenters. The summed E-state index contributed by atoms with van der Waals surface area (Å²) in [5, 5.41) is 27.3. The molecule has 3 N–H and O–H groups in total. The van der Waals surface area contributed by atoms with E-state index in [4.69, 9.17) is 4.98 Å². The van der Waals surface area contributed by atoms with Gasteiger partial charge < -0.3 is 30.2 Å². The van der Waals surface area contributed by atoms with Crippen LogP contribution < -0.4 is 25.8 Å². The number of piperazine rings is 2. The zero-order chi connectivity index (χ0) is 39.2. The fourth-order valence-corrected chi connectivity index (χ4v) is 8.80. The summed E-state index contributed by atoms with van der Waals surface area (Å²) in [6, 6.07) is 9.13. The first kappa shape index (κ1) is 36.3. The number of amides is 5. The number of hydrogen-bond donors (Lipinski definition) is 3. The van der Waals surface area contributed by atoms with Crippen molar-refractivity contribution in [3.63, 3.8) is 0 Å². The zero-order valence-electron chi connectivity index (χ0n) is 31.4. The van der Waals surface area contributed by atoms with Crippen LogP contribution in [0.15, 0.2) is 42.9 Å². The number of imide groups is 1. The van der Waals surface area contributed by atoms with E-state index < -0.39 is 17.9 Å². The Morgan fingerprint density at radius 3 is 2.47 bits per heavy atom. The number of carbonyl (C=O) groups excluding carboxylic acids is 5. The van der Waals surface area contributed by atoms with Crippen LogP contribution in [-0.4, -0.2) is 122 Å². The summed E-state index contributed by atoms with van der Waals surface area (Å²) in [4.78, 5) is 77.2. The zero-order valence-corrected chi connectivity index (χ0v) is 31.4. The fourth-order valence-electron chi connectivity index (χ4n) is 8.80. The van der Waals surface area contributed by atoms with Gasteiger partial charge in [0, 0.05) is 88.7 Å². The van der Waals surface area contributed by atoms with Gasteiger partial charge in [-0.2, -0.15) is 15.5 Å². The summed E-state index contributed by atoms with van der Waals surface area (Å²) in [6.07, 6.45) is 8.30. The number of nitrogens with one attached hydrogen (secondary N) is 3.